The SMILES string of the molecule is CCCCCCCCCCCCC/C=C(/O)C(O)C(N)CO. The van der Waals surface area contributed by atoms with Crippen LogP contribution in [0.2, 0.25) is 0 Å². The van der Waals surface area contributed by atoms with Crippen molar-refractivity contribution in [3.05, 3.63) is 11.8 Å². The molecule has 22 heavy (non-hydrogen) atoms. The molecule has 0 spiro atoms. The molecular formula is C18H37NO3. The second-order valence-corrected chi connectivity index (χ2v) is 6.24. The third-order valence-electron chi connectivity index (χ3n) is 4.08. The van der Waals surface area contributed by atoms with Crippen molar-refractivity contribution >= 4 is 0 Å². The lowest BCUT2D eigenvalue weighted by atomic mass is 10.0. The Bertz CT molecular complexity index is 269. The van der Waals surface area contributed by atoms with Gasteiger partial charge in [0.1, 0.15) is 11.9 Å². The summed E-state index contributed by atoms with van der Waals surface area (Å²) in [7, 11) is 0. The van der Waals surface area contributed by atoms with Gasteiger partial charge in [0.05, 0.1) is 12.6 Å². The Morgan fingerprint density at radius 2 is 1.36 bits per heavy atom. The number of hydrogen-bond donors (Lipinski definition) is 4. The third-order valence-corrected chi connectivity index (χ3v) is 4.08. The van der Waals surface area contributed by atoms with Gasteiger partial charge in [-0.05, 0) is 18.9 Å². The molecule has 0 aromatic rings. The minimum absolute atomic E-state index is 0.117. The summed E-state index contributed by atoms with van der Waals surface area (Å²) in [6.07, 6.45) is 15.4. The van der Waals surface area contributed by atoms with E-state index in [0.29, 0.717) is 0 Å². The summed E-state index contributed by atoms with van der Waals surface area (Å²) in [5.74, 6) is -0.117. The van der Waals surface area contributed by atoms with E-state index in [1.807, 2.05) is 0 Å². The first-order chi connectivity index (χ1) is 10.6. The molecule has 0 saturated carbocycles. The summed E-state index contributed by atoms with van der Waals surface area (Å²) in [6.45, 7) is 1.91. The third kappa shape index (κ3) is 12.0. The molecule has 132 valence electrons. The van der Waals surface area contributed by atoms with E-state index in [9.17, 15) is 10.2 Å². The van der Waals surface area contributed by atoms with Crippen molar-refractivity contribution < 1.29 is 15.3 Å². The Balaban J connectivity index is 3.39. The topological polar surface area (TPSA) is 86.7 Å². The minimum atomic E-state index is -1.15. The van der Waals surface area contributed by atoms with E-state index in [0.717, 1.165) is 19.3 Å². The Labute approximate surface area is 136 Å². The molecule has 4 heteroatoms. The standard InChI is InChI=1S/C18H37NO3/c1-2-3-4-5-6-7-8-9-10-11-12-13-14-17(21)18(22)16(19)15-20/h14,16,18,20-22H,2-13,15,19H2,1H3/b17-14+. The van der Waals surface area contributed by atoms with Gasteiger partial charge in [0.2, 0.25) is 0 Å². The molecule has 0 aliphatic rings. The van der Waals surface area contributed by atoms with Crippen LogP contribution in [-0.4, -0.2) is 34.1 Å². The quantitative estimate of drug-likeness (QED) is 0.273. The average molecular weight is 315 g/mol. The van der Waals surface area contributed by atoms with Gasteiger partial charge in [0.25, 0.3) is 0 Å². The Kier molecular flexibility index (Phi) is 14.9. The lowest BCUT2D eigenvalue weighted by Gasteiger charge is -2.15. The van der Waals surface area contributed by atoms with Gasteiger partial charge >= 0.3 is 0 Å². The lowest BCUT2D eigenvalue weighted by molar-refractivity contribution is 0.0983. The largest absolute Gasteiger partial charge is 0.510 e. The highest BCUT2D eigenvalue weighted by Gasteiger charge is 2.17. The van der Waals surface area contributed by atoms with Gasteiger partial charge in [-0.2, -0.15) is 0 Å². The van der Waals surface area contributed by atoms with Gasteiger partial charge in [0.15, 0.2) is 0 Å². The monoisotopic (exact) mass is 315 g/mol. The van der Waals surface area contributed by atoms with Gasteiger partial charge in [-0.3, -0.25) is 0 Å². The van der Waals surface area contributed by atoms with E-state index < -0.39 is 12.1 Å². The molecule has 2 atom stereocenters. The fourth-order valence-corrected chi connectivity index (χ4v) is 2.50. The van der Waals surface area contributed by atoms with Gasteiger partial charge < -0.3 is 21.1 Å². The minimum Gasteiger partial charge on any atom is -0.510 e. The van der Waals surface area contributed by atoms with Gasteiger partial charge in [-0.15, -0.1) is 0 Å². The first kappa shape index (κ1) is 21.4. The van der Waals surface area contributed by atoms with E-state index in [2.05, 4.69) is 6.92 Å². The smallest absolute Gasteiger partial charge is 0.128 e. The van der Waals surface area contributed by atoms with E-state index in [4.69, 9.17) is 10.8 Å². The molecule has 0 aliphatic heterocycles. The zero-order chi connectivity index (χ0) is 16.6. The molecule has 4 nitrogen and oxygen atoms in total. The Morgan fingerprint density at radius 1 is 0.909 bits per heavy atom. The highest BCUT2D eigenvalue weighted by atomic mass is 16.3. The molecule has 0 radical (unpaired) electrons. The first-order valence-electron chi connectivity index (χ1n) is 9.07. The maximum atomic E-state index is 9.60. The van der Waals surface area contributed by atoms with Crippen LogP contribution in [0.5, 0.6) is 0 Å². The van der Waals surface area contributed by atoms with Crippen LogP contribution in [0, 0.1) is 0 Å². The van der Waals surface area contributed by atoms with E-state index in [1.54, 1.807) is 6.08 Å². The van der Waals surface area contributed by atoms with E-state index >= 15 is 0 Å². The van der Waals surface area contributed by atoms with Gasteiger partial charge in [-0.25, -0.2) is 0 Å². The number of allylic oxidation sites excluding steroid dienone is 1. The fourth-order valence-electron chi connectivity index (χ4n) is 2.50. The summed E-state index contributed by atoms with van der Waals surface area (Å²) >= 11 is 0. The van der Waals surface area contributed by atoms with Crippen LogP contribution in [0.4, 0.5) is 0 Å². The van der Waals surface area contributed by atoms with E-state index in [1.165, 1.54) is 57.8 Å². The van der Waals surface area contributed by atoms with E-state index in [-0.39, 0.29) is 12.4 Å². The number of aliphatic hydroxyl groups is 3. The number of nitrogens with two attached hydrogens (primary N) is 1. The van der Waals surface area contributed by atoms with Crippen molar-refractivity contribution in [3.8, 4) is 0 Å². The molecule has 0 rings (SSSR count). The van der Waals surface area contributed by atoms with Crippen molar-refractivity contribution in [1.29, 1.82) is 0 Å². The molecular weight excluding hydrogens is 278 g/mol. The van der Waals surface area contributed by atoms with Crippen LogP contribution in [0.25, 0.3) is 0 Å². The normalized spacial score (nSPS) is 15.0. The van der Waals surface area contributed by atoms with Crippen LogP contribution in [0.1, 0.15) is 84.0 Å². The molecule has 0 aliphatic carbocycles. The summed E-state index contributed by atoms with van der Waals surface area (Å²) in [5.41, 5.74) is 5.45. The second kappa shape index (κ2) is 15.3. The Morgan fingerprint density at radius 3 is 1.82 bits per heavy atom. The molecule has 0 saturated heterocycles. The predicted molar refractivity (Wildman–Crippen MR) is 92.9 cm³/mol. The zero-order valence-electron chi connectivity index (χ0n) is 14.3. The van der Waals surface area contributed by atoms with Crippen molar-refractivity contribution in [3.63, 3.8) is 0 Å². The number of hydrogen-bond acceptors (Lipinski definition) is 4. The van der Waals surface area contributed by atoms with Crippen LogP contribution in [0.15, 0.2) is 11.8 Å². The predicted octanol–water partition coefficient (Wildman–Crippen LogP) is 3.81. The maximum absolute atomic E-state index is 9.60. The molecule has 0 bridgehead atoms. The molecule has 0 amide bonds. The van der Waals surface area contributed by atoms with Crippen molar-refractivity contribution in [2.45, 2.75) is 96.1 Å². The maximum Gasteiger partial charge on any atom is 0.128 e. The molecule has 0 aromatic carbocycles. The van der Waals surface area contributed by atoms with Crippen molar-refractivity contribution in [2.24, 2.45) is 5.73 Å². The highest BCUT2D eigenvalue weighted by Crippen LogP contribution is 2.12. The lowest BCUT2D eigenvalue weighted by Crippen LogP contribution is -2.39. The number of unbranched alkanes of at least 4 members (excludes halogenated alkanes) is 11. The molecule has 0 aromatic heterocycles. The fraction of sp³-hybridized carbons (Fsp3) is 0.889. The summed E-state index contributed by atoms with van der Waals surface area (Å²) < 4.78 is 0. The summed E-state index contributed by atoms with van der Waals surface area (Å²) in [5, 5.41) is 28.0. The van der Waals surface area contributed by atoms with Crippen LogP contribution in [0.3, 0.4) is 0 Å². The van der Waals surface area contributed by atoms with Gasteiger partial charge in [0, 0.05) is 0 Å². The number of aliphatic hydroxyl groups excluding tert-OH is 3. The van der Waals surface area contributed by atoms with Crippen LogP contribution < -0.4 is 5.73 Å². The summed E-state index contributed by atoms with van der Waals surface area (Å²) in [4.78, 5) is 0. The average Bonchev–Trinajstić information content (AvgIpc) is 2.54. The molecule has 5 N–H and O–H groups in total. The van der Waals surface area contributed by atoms with Crippen molar-refractivity contribution in [2.75, 3.05) is 6.61 Å². The van der Waals surface area contributed by atoms with Crippen LogP contribution in [-0.2, 0) is 0 Å². The molecule has 2 unspecified atom stereocenters. The van der Waals surface area contributed by atoms with Crippen LogP contribution >= 0.6 is 0 Å². The molecule has 0 fully saturated rings. The van der Waals surface area contributed by atoms with Crippen molar-refractivity contribution in [1.82, 2.24) is 0 Å². The second-order valence-electron chi connectivity index (χ2n) is 6.24. The first-order valence-corrected chi connectivity index (χ1v) is 9.07. The summed E-state index contributed by atoms with van der Waals surface area (Å²) in [6, 6.07) is -0.812. The molecule has 0 heterocycles. The highest BCUT2D eigenvalue weighted by molar-refractivity contribution is 5.01. The van der Waals surface area contributed by atoms with Gasteiger partial charge in [-0.1, -0.05) is 71.1 Å². The zero-order valence-corrected chi connectivity index (χ0v) is 14.3. The number of rotatable bonds is 15. The Hall–Kier alpha value is -0.580.